The molecule has 11 heteroatoms. The van der Waals surface area contributed by atoms with Gasteiger partial charge in [0, 0.05) is 49.0 Å². The number of amides is 2. The fourth-order valence-corrected chi connectivity index (χ4v) is 5.20. The van der Waals surface area contributed by atoms with Gasteiger partial charge in [0.1, 0.15) is 17.2 Å². The van der Waals surface area contributed by atoms with E-state index in [1.807, 2.05) is 20.8 Å². The van der Waals surface area contributed by atoms with Crippen molar-refractivity contribution in [2.75, 3.05) is 26.2 Å². The lowest BCUT2D eigenvalue weighted by atomic mass is 10.0. The molecule has 8 nitrogen and oxygen atoms in total. The summed E-state index contributed by atoms with van der Waals surface area (Å²) in [6, 6.07) is 6.76. The highest BCUT2D eigenvalue weighted by Gasteiger charge is 2.36. The second kappa shape index (κ2) is 10.7. The normalized spacial score (nSPS) is 15.8. The van der Waals surface area contributed by atoms with Gasteiger partial charge in [-0.05, 0) is 70.4 Å². The lowest BCUT2D eigenvalue weighted by Crippen LogP contribution is -2.52. The molecule has 0 N–H and O–H groups in total. The third-order valence-corrected chi connectivity index (χ3v) is 7.12. The molecule has 0 spiro atoms. The summed E-state index contributed by atoms with van der Waals surface area (Å²) in [5.41, 5.74) is 0.831. The van der Waals surface area contributed by atoms with Crippen molar-refractivity contribution in [1.29, 1.82) is 0 Å². The number of carbonyl (C=O) groups excluding carboxylic acids is 2. The first-order valence-corrected chi connectivity index (χ1v) is 13.6. The maximum Gasteiger partial charge on any atom is 0.410 e. The van der Waals surface area contributed by atoms with Gasteiger partial charge in [-0.15, -0.1) is 0 Å². The molecule has 40 heavy (non-hydrogen) atoms. The number of aromatic nitrogens is 2. The third kappa shape index (κ3) is 5.63. The molecule has 3 aromatic rings. The molecule has 0 unspecified atom stereocenters. The monoisotopic (exact) mass is 572 g/mol. The van der Waals surface area contributed by atoms with Crippen molar-refractivity contribution in [3.05, 3.63) is 64.3 Å². The van der Waals surface area contributed by atoms with Gasteiger partial charge in [0.05, 0.1) is 17.3 Å². The molecule has 0 aliphatic carbocycles. The Kier molecular flexibility index (Phi) is 7.48. The zero-order chi connectivity index (χ0) is 28.8. The van der Waals surface area contributed by atoms with Crippen LogP contribution < -0.4 is 4.74 Å². The van der Waals surface area contributed by atoms with Gasteiger partial charge in [-0.25, -0.2) is 13.6 Å². The quantitative estimate of drug-likeness (QED) is 0.344. The Hall–Kier alpha value is -3.66. The van der Waals surface area contributed by atoms with E-state index in [1.54, 1.807) is 40.9 Å². The van der Waals surface area contributed by atoms with Gasteiger partial charge < -0.3 is 19.3 Å². The molecule has 0 radical (unpaired) electrons. The molecule has 0 atom stereocenters. The number of hydrogen-bond donors (Lipinski definition) is 0. The van der Waals surface area contributed by atoms with Crippen LogP contribution in [0.5, 0.6) is 11.5 Å². The highest BCUT2D eigenvalue weighted by molar-refractivity contribution is 6.31. The first-order chi connectivity index (χ1) is 18.9. The molecule has 0 bridgehead atoms. The average Bonchev–Trinajstić information content (AvgIpc) is 3.53. The minimum atomic E-state index is -0.858. The van der Waals surface area contributed by atoms with E-state index < -0.39 is 29.2 Å². The Balaban J connectivity index is 1.42. The number of rotatable bonds is 5. The summed E-state index contributed by atoms with van der Waals surface area (Å²) in [5, 5.41) is 4.88. The van der Waals surface area contributed by atoms with Gasteiger partial charge in [-0.3, -0.25) is 9.48 Å². The Bertz CT molecular complexity index is 1460. The Morgan fingerprint density at radius 2 is 1.73 bits per heavy atom. The van der Waals surface area contributed by atoms with Crippen LogP contribution >= 0.6 is 11.6 Å². The highest BCUT2D eigenvalue weighted by atomic mass is 35.5. The first kappa shape index (κ1) is 27.9. The molecule has 5 rings (SSSR count). The molecule has 0 saturated carbocycles. The lowest BCUT2D eigenvalue weighted by Gasteiger charge is -2.40. The lowest BCUT2D eigenvalue weighted by molar-refractivity contribution is -0.000194. The molecule has 2 fully saturated rings. The summed E-state index contributed by atoms with van der Waals surface area (Å²) >= 11 is 6.39. The fraction of sp³-hybridized carbons (Fsp3) is 0.414. The minimum Gasteiger partial charge on any atom is -0.453 e. The Labute approximate surface area is 236 Å². The summed E-state index contributed by atoms with van der Waals surface area (Å²) in [5.74, 6) is -2.33. The van der Waals surface area contributed by atoms with E-state index in [9.17, 15) is 9.59 Å². The van der Waals surface area contributed by atoms with Crippen LogP contribution in [0.3, 0.4) is 0 Å². The molecule has 2 aromatic carbocycles. The molecule has 1 aromatic heterocycles. The van der Waals surface area contributed by atoms with Gasteiger partial charge in [0.15, 0.2) is 11.6 Å². The van der Waals surface area contributed by atoms with Crippen molar-refractivity contribution in [2.24, 2.45) is 0 Å². The Morgan fingerprint density at radius 1 is 1.02 bits per heavy atom. The molecule has 2 saturated heterocycles. The van der Waals surface area contributed by atoms with E-state index in [1.165, 1.54) is 4.90 Å². The molecular weight excluding hydrogens is 542 g/mol. The van der Waals surface area contributed by atoms with Crippen LogP contribution in [-0.4, -0.2) is 63.4 Å². The van der Waals surface area contributed by atoms with Gasteiger partial charge >= 0.3 is 6.09 Å². The summed E-state index contributed by atoms with van der Waals surface area (Å²) in [7, 11) is 0. The molecule has 2 aliphatic heterocycles. The summed E-state index contributed by atoms with van der Waals surface area (Å²) < 4.78 is 43.4. The van der Waals surface area contributed by atoms with Crippen molar-refractivity contribution in [1.82, 2.24) is 19.6 Å². The van der Waals surface area contributed by atoms with E-state index in [0.29, 0.717) is 48.0 Å². The minimum absolute atomic E-state index is 0.130. The molecule has 2 amide bonds. The molecular formula is C29H31ClF2N4O4. The number of benzene rings is 2. The zero-order valence-corrected chi connectivity index (χ0v) is 23.6. The third-order valence-electron chi connectivity index (χ3n) is 6.90. The number of halogens is 3. The van der Waals surface area contributed by atoms with Crippen molar-refractivity contribution < 1.29 is 27.8 Å². The maximum atomic E-state index is 15.2. The van der Waals surface area contributed by atoms with Crippen LogP contribution in [0.1, 0.15) is 55.6 Å². The van der Waals surface area contributed by atoms with Crippen LogP contribution in [0.25, 0.3) is 11.3 Å². The fourth-order valence-electron chi connectivity index (χ4n) is 4.93. The van der Waals surface area contributed by atoms with Crippen molar-refractivity contribution in [3.8, 4) is 22.8 Å². The molecule has 212 valence electrons. The van der Waals surface area contributed by atoms with E-state index >= 15 is 8.78 Å². The number of likely N-dealkylation sites (tertiary alicyclic amines) is 2. The smallest absolute Gasteiger partial charge is 0.410 e. The predicted molar refractivity (Wildman–Crippen MR) is 146 cm³/mol. The Morgan fingerprint density at radius 3 is 2.40 bits per heavy atom. The van der Waals surface area contributed by atoms with Gasteiger partial charge in [0.25, 0.3) is 5.91 Å². The number of hydrogen-bond acceptors (Lipinski definition) is 5. The SMILES string of the molecule is Cc1cc(Cl)cc(-c2ccnn2C2CN(C(=O)OC(C)(C)C)C2)c1Oc1cc(F)c(C(=O)N2CCCC2)cc1F. The van der Waals surface area contributed by atoms with Crippen LogP contribution in [0, 0.1) is 18.6 Å². The molecule has 2 aliphatic rings. The second-order valence-electron chi connectivity index (χ2n) is 11.2. The number of ether oxygens (including phenoxy) is 2. The summed E-state index contributed by atoms with van der Waals surface area (Å²) in [6.45, 7) is 9.01. The van der Waals surface area contributed by atoms with Gasteiger partial charge in [-0.1, -0.05) is 11.6 Å². The van der Waals surface area contributed by atoms with Crippen LogP contribution in [0.15, 0.2) is 36.5 Å². The highest BCUT2D eigenvalue weighted by Crippen LogP contribution is 2.41. The van der Waals surface area contributed by atoms with Crippen molar-refractivity contribution in [3.63, 3.8) is 0 Å². The summed E-state index contributed by atoms with van der Waals surface area (Å²) in [4.78, 5) is 28.2. The van der Waals surface area contributed by atoms with E-state index in [0.717, 1.165) is 25.0 Å². The number of nitrogens with zero attached hydrogens (tertiary/aromatic N) is 4. The van der Waals surface area contributed by atoms with Crippen LogP contribution in [-0.2, 0) is 4.74 Å². The largest absolute Gasteiger partial charge is 0.453 e. The van der Waals surface area contributed by atoms with Crippen molar-refractivity contribution in [2.45, 2.75) is 52.2 Å². The van der Waals surface area contributed by atoms with E-state index in [-0.39, 0.29) is 23.1 Å². The van der Waals surface area contributed by atoms with E-state index in [4.69, 9.17) is 21.1 Å². The number of carbonyl (C=O) groups is 2. The topological polar surface area (TPSA) is 76.9 Å². The summed E-state index contributed by atoms with van der Waals surface area (Å²) in [6.07, 6.45) is 2.90. The van der Waals surface area contributed by atoms with Gasteiger partial charge in [-0.2, -0.15) is 5.10 Å². The maximum absolute atomic E-state index is 15.2. The standard InChI is InChI=1S/C29H31ClF2N4O4/c1-17-11-18(30)12-21(24-7-8-33-36(24)19-15-35(16-19)28(38)40-29(2,3)4)26(17)39-25-14-22(31)20(13-23(25)32)27(37)34-9-5-6-10-34/h7-8,11-14,19H,5-6,9-10,15-16H2,1-4H3. The zero-order valence-electron chi connectivity index (χ0n) is 22.8. The predicted octanol–water partition coefficient (Wildman–Crippen LogP) is 6.61. The number of aryl methyl sites for hydroxylation is 1. The van der Waals surface area contributed by atoms with Gasteiger partial charge in [0.2, 0.25) is 0 Å². The van der Waals surface area contributed by atoms with E-state index in [2.05, 4.69) is 5.10 Å². The van der Waals surface area contributed by atoms with Crippen LogP contribution in [0.2, 0.25) is 5.02 Å². The second-order valence-corrected chi connectivity index (χ2v) is 11.6. The average molecular weight is 573 g/mol. The van der Waals surface area contributed by atoms with Crippen LogP contribution in [0.4, 0.5) is 13.6 Å². The van der Waals surface area contributed by atoms with Crippen molar-refractivity contribution >= 4 is 23.6 Å². The molecule has 3 heterocycles. The first-order valence-electron chi connectivity index (χ1n) is 13.2.